The normalized spacial score (nSPS) is 11.9. The molecule has 0 bridgehead atoms. The van der Waals surface area contributed by atoms with Crippen molar-refractivity contribution in [1.82, 2.24) is 9.55 Å². The minimum atomic E-state index is -3.70. The zero-order chi connectivity index (χ0) is 10.8. The smallest absolute Gasteiger partial charge is 0.257 e. The number of primary sulfonamides is 1. The van der Waals surface area contributed by atoms with E-state index in [1.165, 1.54) is 6.20 Å². The van der Waals surface area contributed by atoms with E-state index in [1.807, 2.05) is 0 Å². The van der Waals surface area contributed by atoms with Gasteiger partial charge in [-0.3, -0.25) is 0 Å². The molecule has 2 N–H and O–H groups in total. The highest BCUT2D eigenvalue weighted by atomic mass is 32.2. The van der Waals surface area contributed by atoms with Gasteiger partial charge < -0.3 is 9.30 Å². The molecule has 0 amide bonds. The molecule has 0 aliphatic heterocycles. The predicted molar refractivity (Wildman–Crippen MR) is 50.2 cm³/mol. The van der Waals surface area contributed by atoms with Crippen LogP contribution in [0.3, 0.4) is 0 Å². The fourth-order valence-electron chi connectivity index (χ4n) is 1.03. The molecule has 0 radical (unpaired) electrons. The zero-order valence-electron chi connectivity index (χ0n) is 8.10. The van der Waals surface area contributed by atoms with Crippen LogP contribution in [0.4, 0.5) is 0 Å². The summed E-state index contributed by atoms with van der Waals surface area (Å²) >= 11 is 0. The third-order valence-corrected chi connectivity index (χ3v) is 2.56. The molecule has 6 nitrogen and oxygen atoms in total. The molecule has 1 aromatic rings. The largest absolute Gasteiger partial charge is 0.383 e. The fraction of sp³-hybridized carbons (Fsp3) is 0.571. The molecule has 0 saturated heterocycles. The average molecular weight is 219 g/mol. The third kappa shape index (κ3) is 2.53. The summed E-state index contributed by atoms with van der Waals surface area (Å²) in [5.41, 5.74) is 0. The molecule has 14 heavy (non-hydrogen) atoms. The van der Waals surface area contributed by atoms with Crippen LogP contribution in [0.2, 0.25) is 0 Å². The van der Waals surface area contributed by atoms with Crippen molar-refractivity contribution in [3.05, 3.63) is 12.0 Å². The molecule has 0 atom stereocenters. The Morgan fingerprint density at radius 1 is 1.64 bits per heavy atom. The Labute approximate surface area is 82.7 Å². The van der Waals surface area contributed by atoms with E-state index < -0.39 is 10.0 Å². The minimum Gasteiger partial charge on any atom is -0.383 e. The summed E-state index contributed by atoms with van der Waals surface area (Å²) in [7, 11) is -2.13. The molecule has 0 spiro atoms. The molecule has 80 valence electrons. The molecule has 0 fully saturated rings. The van der Waals surface area contributed by atoms with Gasteiger partial charge in [0.15, 0.2) is 5.03 Å². The van der Waals surface area contributed by atoms with Gasteiger partial charge in [0.25, 0.3) is 10.0 Å². The van der Waals surface area contributed by atoms with Gasteiger partial charge >= 0.3 is 0 Å². The van der Waals surface area contributed by atoms with E-state index in [1.54, 1.807) is 18.6 Å². The lowest BCUT2D eigenvalue weighted by molar-refractivity contribution is 0.186. The Hall–Kier alpha value is -0.920. The Kier molecular flexibility index (Phi) is 3.25. The summed E-state index contributed by atoms with van der Waals surface area (Å²) in [6, 6.07) is 0. The van der Waals surface area contributed by atoms with E-state index in [0.717, 1.165) is 0 Å². The van der Waals surface area contributed by atoms with Crippen LogP contribution in [0.1, 0.15) is 5.82 Å². The van der Waals surface area contributed by atoms with Crippen molar-refractivity contribution in [2.75, 3.05) is 13.7 Å². The monoisotopic (exact) mass is 219 g/mol. The van der Waals surface area contributed by atoms with Crippen LogP contribution in [-0.2, 0) is 21.3 Å². The van der Waals surface area contributed by atoms with Gasteiger partial charge in [0.05, 0.1) is 6.61 Å². The van der Waals surface area contributed by atoms with Gasteiger partial charge in [-0.1, -0.05) is 0 Å². The Balaban J connectivity index is 2.94. The Morgan fingerprint density at radius 3 is 2.71 bits per heavy atom. The number of nitrogens with two attached hydrogens (primary N) is 1. The highest BCUT2D eigenvalue weighted by Crippen LogP contribution is 2.06. The van der Waals surface area contributed by atoms with Crippen LogP contribution in [0.15, 0.2) is 11.2 Å². The molecule has 1 heterocycles. The Morgan fingerprint density at radius 2 is 2.29 bits per heavy atom. The van der Waals surface area contributed by atoms with Gasteiger partial charge in [-0.2, -0.15) is 0 Å². The van der Waals surface area contributed by atoms with Crippen LogP contribution >= 0.6 is 0 Å². The number of aromatic nitrogens is 2. The number of ether oxygens (including phenoxy) is 1. The first-order valence-corrected chi connectivity index (χ1v) is 5.55. The molecule has 0 aliphatic rings. The summed E-state index contributed by atoms with van der Waals surface area (Å²) < 4.78 is 28.4. The lowest BCUT2D eigenvalue weighted by Gasteiger charge is -2.01. The van der Waals surface area contributed by atoms with Crippen molar-refractivity contribution in [2.45, 2.75) is 18.5 Å². The van der Waals surface area contributed by atoms with E-state index in [2.05, 4.69) is 4.98 Å². The fourth-order valence-corrected chi connectivity index (χ4v) is 1.57. The molecule has 0 saturated carbocycles. The maximum Gasteiger partial charge on any atom is 0.257 e. The van der Waals surface area contributed by atoms with Crippen molar-refractivity contribution in [3.8, 4) is 0 Å². The van der Waals surface area contributed by atoms with Crippen LogP contribution in [0.25, 0.3) is 0 Å². The number of imidazole rings is 1. The minimum absolute atomic E-state index is 0.105. The molecule has 1 rings (SSSR count). The molecular weight excluding hydrogens is 206 g/mol. The number of aryl methyl sites for hydroxylation is 1. The lowest BCUT2D eigenvalue weighted by Crippen LogP contribution is -2.12. The van der Waals surface area contributed by atoms with Gasteiger partial charge in [0.1, 0.15) is 5.82 Å². The highest BCUT2D eigenvalue weighted by Gasteiger charge is 2.13. The molecule has 0 aromatic carbocycles. The standard InChI is InChI=1S/C7H13N3O3S/c1-6-9-7(14(8,11)12)5-10(6)3-4-13-2/h5H,3-4H2,1-2H3,(H2,8,11,12). The number of sulfonamides is 1. The van der Waals surface area contributed by atoms with Crippen molar-refractivity contribution in [1.29, 1.82) is 0 Å². The van der Waals surface area contributed by atoms with Crippen molar-refractivity contribution in [2.24, 2.45) is 5.14 Å². The molecular formula is C7H13N3O3S. The summed E-state index contributed by atoms with van der Waals surface area (Å²) in [5.74, 6) is 0.603. The van der Waals surface area contributed by atoms with Gasteiger partial charge in [-0.15, -0.1) is 0 Å². The Bertz CT molecular complexity index is 410. The summed E-state index contributed by atoms with van der Waals surface area (Å²) in [6.07, 6.45) is 1.41. The van der Waals surface area contributed by atoms with E-state index >= 15 is 0 Å². The van der Waals surface area contributed by atoms with E-state index in [-0.39, 0.29) is 5.03 Å². The number of methoxy groups -OCH3 is 1. The van der Waals surface area contributed by atoms with Crippen molar-refractivity contribution in [3.63, 3.8) is 0 Å². The van der Waals surface area contributed by atoms with Crippen LogP contribution in [0, 0.1) is 6.92 Å². The first-order chi connectivity index (χ1) is 6.45. The number of nitrogens with zero attached hydrogens (tertiary/aromatic N) is 2. The van der Waals surface area contributed by atoms with Crippen molar-refractivity contribution >= 4 is 10.0 Å². The zero-order valence-corrected chi connectivity index (χ0v) is 8.91. The SMILES string of the molecule is COCCn1cc(S(N)(=O)=O)nc1C. The summed E-state index contributed by atoms with van der Waals surface area (Å²) in [5, 5.41) is 4.83. The number of hydrogen-bond donors (Lipinski definition) is 1. The summed E-state index contributed by atoms with van der Waals surface area (Å²) in [4.78, 5) is 3.83. The maximum absolute atomic E-state index is 10.9. The second kappa shape index (κ2) is 4.07. The van der Waals surface area contributed by atoms with Crippen molar-refractivity contribution < 1.29 is 13.2 Å². The van der Waals surface area contributed by atoms with Gasteiger partial charge in [0, 0.05) is 19.9 Å². The van der Waals surface area contributed by atoms with Gasteiger partial charge in [0.2, 0.25) is 0 Å². The van der Waals surface area contributed by atoms with Crippen LogP contribution in [0.5, 0.6) is 0 Å². The topological polar surface area (TPSA) is 87.2 Å². The molecule has 1 aromatic heterocycles. The van der Waals surface area contributed by atoms with Gasteiger partial charge in [-0.05, 0) is 6.92 Å². The number of rotatable bonds is 4. The van der Waals surface area contributed by atoms with Crippen LogP contribution in [-0.4, -0.2) is 31.7 Å². The third-order valence-electron chi connectivity index (χ3n) is 1.78. The highest BCUT2D eigenvalue weighted by molar-refractivity contribution is 7.89. The summed E-state index contributed by atoms with van der Waals surface area (Å²) in [6.45, 7) is 2.77. The van der Waals surface area contributed by atoms with E-state index in [4.69, 9.17) is 9.88 Å². The molecule has 7 heteroatoms. The quantitative estimate of drug-likeness (QED) is 0.738. The first kappa shape index (κ1) is 11.2. The van der Waals surface area contributed by atoms with E-state index in [0.29, 0.717) is 19.0 Å². The second-order valence-corrected chi connectivity index (χ2v) is 4.37. The molecule has 0 unspecified atom stereocenters. The maximum atomic E-state index is 10.9. The first-order valence-electron chi connectivity index (χ1n) is 4.00. The van der Waals surface area contributed by atoms with Gasteiger partial charge in [-0.25, -0.2) is 18.5 Å². The lowest BCUT2D eigenvalue weighted by atomic mass is 10.6. The predicted octanol–water partition coefficient (Wildman–Crippen LogP) is -0.515. The molecule has 0 aliphatic carbocycles. The van der Waals surface area contributed by atoms with E-state index in [9.17, 15) is 8.42 Å². The number of hydrogen-bond acceptors (Lipinski definition) is 4. The van der Waals surface area contributed by atoms with Crippen LogP contribution < -0.4 is 5.14 Å². The second-order valence-electron chi connectivity index (χ2n) is 2.86. The average Bonchev–Trinajstić information content (AvgIpc) is 2.43.